The monoisotopic (exact) mass is 240 g/mol. The van der Waals surface area contributed by atoms with E-state index in [-0.39, 0.29) is 5.56 Å². The predicted molar refractivity (Wildman–Crippen MR) is 46.5 cm³/mol. The number of rotatable bonds is 2. The van der Waals surface area contributed by atoms with Gasteiger partial charge in [-0.3, -0.25) is 4.79 Å². The lowest BCUT2D eigenvalue weighted by molar-refractivity contribution is -0.140. The standard InChI is InChI=1S/C9H5ClF4O/c10-4-8(15)5-1-2-6(7(11)3-5)9(12,13)14/h1-3H,4H2. The van der Waals surface area contributed by atoms with E-state index in [9.17, 15) is 22.4 Å². The number of hydrogen-bond donors (Lipinski definition) is 0. The summed E-state index contributed by atoms with van der Waals surface area (Å²) in [7, 11) is 0. The average Bonchev–Trinajstić information content (AvgIpc) is 2.14. The Kier molecular flexibility index (Phi) is 3.34. The SMILES string of the molecule is O=C(CCl)c1ccc(C(F)(F)F)c(F)c1. The maximum absolute atomic E-state index is 12.9. The van der Waals surface area contributed by atoms with Crippen molar-refractivity contribution in [3.8, 4) is 0 Å². The first-order valence-corrected chi connectivity index (χ1v) is 4.35. The molecule has 0 aliphatic rings. The topological polar surface area (TPSA) is 17.1 Å². The number of alkyl halides is 4. The lowest BCUT2D eigenvalue weighted by atomic mass is 10.1. The third-order valence-electron chi connectivity index (χ3n) is 1.72. The number of halogens is 5. The molecule has 0 N–H and O–H groups in total. The molecule has 6 heteroatoms. The maximum atomic E-state index is 12.9. The molecule has 0 saturated carbocycles. The molecule has 0 amide bonds. The van der Waals surface area contributed by atoms with Crippen molar-refractivity contribution in [3.05, 3.63) is 35.1 Å². The molecule has 0 aliphatic carbocycles. The van der Waals surface area contributed by atoms with Crippen LogP contribution in [-0.2, 0) is 6.18 Å². The minimum absolute atomic E-state index is 0.171. The minimum atomic E-state index is -4.76. The molecular weight excluding hydrogens is 236 g/mol. The first-order chi connectivity index (χ1) is 6.86. The fourth-order valence-electron chi connectivity index (χ4n) is 0.996. The molecule has 0 bridgehead atoms. The van der Waals surface area contributed by atoms with E-state index in [0.29, 0.717) is 12.1 Å². The van der Waals surface area contributed by atoms with Crippen molar-refractivity contribution in [1.82, 2.24) is 0 Å². The molecule has 0 spiro atoms. The van der Waals surface area contributed by atoms with E-state index in [1.165, 1.54) is 0 Å². The summed E-state index contributed by atoms with van der Waals surface area (Å²) >= 11 is 5.17. The van der Waals surface area contributed by atoms with Crippen LogP contribution in [0.2, 0.25) is 0 Å². The molecule has 1 nitrogen and oxygen atoms in total. The molecule has 1 aromatic rings. The molecule has 1 rings (SSSR count). The number of ketones is 1. The Morgan fingerprint density at radius 3 is 2.33 bits per heavy atom. The van der Waals surface area contributed by atoms with E-state index in [2.05, 4.69) is 0 Å². The van der Waals surface area contributed by atoms with Crippen molar-refractivity contribution in [3.63, 3.8) is 0 Å². The largest absolute Gasteiger partial charge is 0.419 e. The van der Waals surface area contributed by atoms with Gasteiger partial charge in [-0.25, -0.2) is 4.39 Å². The molecule has 0 heterocycles. The number of carbonyl (C=O) groups is 1. The van der Waals surface area contributed by atoms with Crippen LogP contribution >= 0.6 is 11.6 Å². The molecule has 0 aromatic heterocycles. The van der Waals surface area contributed by atoms with Crippen LogP contribution in [0.5, 0.6) is 0 Å². The van der Waals surface area contributed by atoms with Gasteiger partial charge in [0.05, 0.1) is 11.4 Å². The summed E-state index contributed by atoms with van der Waals surface area (Å²) in [5.74, 6) is -2.49. The summed E-state index contributed by atoms with van der Waals surface area (Å²) in [6.45, 7) is 0. The predicted octanol–water partition coefficient (Wildman–Crippen LogP) is 3.27. The average molecular weight is 241 g/mol. The molecule has 0 fully saturated rings. The van der Waals surface area contributed by atoms with E-state index < -0.39 is 29.2 Å². The van der Waals surface area contributed by atoms with Crippen LogP contribution in [0.15, 0.2) is 18.2 Å². The lowest BCUT2D eigenvalue weighted by Gasteiger charge is -2.08. The molecule has 15 heavy (non-hydrogen) atoms. The second-order valence-corrected chi connectivity index (χ2v) is 3.02. The molecule has 0 radical (unpaired) electrons. The van der Waals surface area contributed by atoms with E-state index in [1.807, 2.05) is 0 Å². The minimum Gasteiger partial charge on any atom is -0.293 e. The van der Waals surface area contributed by atoms with Crippen molar-refractivity contribution in [2.75, 3.05) is 5.88 Å². The first-order valence-electron chi connectivity index (χ1n) is 3.82. The summed E-state index contributed by atoms with van der Waals surface area (Å²) in [5, 5.41) is 0. The van der Waals surface area contributed by atoms with Gasteiger partial charge >= 0.3 is 6.18 Å². The molecule has 1 aromatic carbocycles. The van der Waals surface area contributed by atoms with Gasteiger partial charge in [0.25, 0.3) is 0 Å². The van der Waals surface area contributed by atoms with Gasteiger partial charge in [-0.15, -0.1) is 11.6 Å². The number of benzene rings is 1. The zero-order chi connectivity index (χ0) is 11.6. The van der Waals surface area contributed by atoms with Gasteiger partial charge in [-0.2, -0.15) is 13.2 Å². The maximum Gasteiger partial charge on any atom is 0.419 e. The summed E-state index contributed by atoms with van der Waals surface area (Å²) in [6, 6.07) is 1.96. The van der Waals surface area contributed by atoms with Crippen molar-refractivity contribution in [2.24, 2.45) is 0 Å². The summed E-state index contributed by atoms with van der Waals surface area (Å²) in [5.41, 5.74) is -1.57. The van der Waals surface area contributed by atoms with Crippen molar-refractivity contribution < 1.29 is 22.4 Å². The zero-order valence-corrected chi connectivity index (χ0v) is 7.99. The molecule has 0 unspecified atom stereocenters. The Labute approximate surface area is 87.7 Å². The van der Waals surface area contributed by atoms with E-state index in [1.54, 1.807) is 0 Å². The van der Waals surface area contributed by atoms with Crippen LogP contribution in [0.4, 0.5) is 17.6 Å². The number of carbonyl (C=O) groups excluding carboxylic acids is 1. The van der Waals surface area contributed by atoms with E-state index >= 15 is 0 Å². The zero-order valence-electron chi connectivity index (χ0n) is 7.24. The highest BCUT2D eigenvalue weighted by Gasteiger charge is 2.34. The molecule has 0 saturated heterocycles. The first kappa shape index (κ1) is 12.0. The summed E-state index contributed by atoms with van der Waals surface area (Å²) < 4.78 is 49.3. The lowest BCUT2D eigenvalue weighted by Crippen LogP contribution is -2.10. The fraction of sp³-hybridized carbons (Fsp3) is 0.222. The molecule has 82 valence electrons. The smallest absolute Gasteiger partial charge is 0.293 e. The van der Waals surface area contributed by atoms with E-state index in [4.69, 9.17) is 11.6 Å². The third kappa shape index (κ3) is 2.68. The fourth-order valence-corrected chi connectivity index (χ4v) is 1.15. The second kappa shape index (κ2) is 4.18. The van der Waals surface area contributed by atoms with Crippen molar-refractivity contribution in [2.45, 2.75) is 6.18 Å². The number of Topliss-reactive ketones (excluding diaryl/α,β-unsaturated/α-hetero) is 1. The van der Waals surface area contributed by atoms with Crippen LogP contribution < -0.4 is 0 Å². The highest BCUT2D eigenvalue weighted by molar-refractivity contribution is 6.30. The van der Waals surface area contributed by atoms with Crippen molar-refractivity contribution >= 4 is 17.4 Å². The Hall–Kier alpha value is -1.10. The Bertz CT molecular complexity index is 386. The second-order valence-electron chi connectivity index (χ2n) is 2.75. The van der Waals surface area contributed by atoms with E-state index in [0.717, 1.165) is 6.07 Å². The van der Waals surface area contributed by atoms with Gasteiger partial charge < -0.3 is 0 Å². The highest BCUT2D eigenvalue weighted by Crippen LogP contribution is 2.31. The van der Waals surface area contributed by atoms with Gasteiger partial charge in [-0.1, -0.05) is 6.07 Å². The van der Waals surface area contributed by atoms with Crippen LogP contribution in [-0.4, -0.2) is 11.7 Å². The summed E-state index contributed by atoms with van der Waals surface area (Å²) in [4.78, 5) is 10.9. The summed E-state index contributed by atoms with van der Waals surface area (Å²) in [6.07, 6.45) is -4.76. The highest BCUT2D eigenvalue weighted by atomic mass is 35.5. The van der Waals surface area contributed by atoms with Crippen molar-refractivity contribution in [1.29, 1.82) is 0 Å². The van der Waals surface area contributed by atoms with Crippen LogP contribution in [0, 0.1) is 5.82 Å². The van der Waals surface area contributed by atoms with Crippen LogP contribution in [0.25, 0.3) is 0 Å². The molecule has 0 atom stereocenters. The van der Waals surface area contributed by atoms with Crippen LogP contribution in [0.3, 0.4) is 0 Å². The Balaban J connectivity index is 3.15. The van der Waals surface area contributed by atoms with Gasteiger partial charge in [-0.05, 0) is 12.1 Å². The normalized spacial score (nSPS) is 11.5. The van der Waals surface area contributed by atoms with Gasteiger partial charge in [0.2, 0.25) is 0 Å². The Morgan fingerprint density at radius 1 is 1.33 bits per heavy atom. The van der Waals surface area contributed by atoms with Gasteiger partial charge in [0.1, 0.15) is 5.82 Å². The molecular formula is C9H5ClF4O. The van der Waals surface area contributed by atoms with Gasteiger partial charge in [0, 0.05) is 5.56 Å². The van der Waals surface area contributed by atoms with Gasteiger partial charge in [0.15, 0.2) is 5.78 Å². The Morgan fingerprint density at radius 2 is 1.93 bits per heavy atom. The molecule has 0 aliphatic heterocycles. The number of hydrogen-bond acceptors (Lipinski definition) is 1. The quantitative estimate of drug-likeness (QED) is 0.441. The van der Waals surface area contributed by atoms with Crippen LogP contribution in [0.1, 0.15) is 15.9 Å². The third-order valence-corrected chi connectivity index (χ3v) is 1.96.